The maximum atomic E-state index is 12.3. The molecule has 0 aliphatic carbocycles. The van der Waals surface area contributed by atoms with Crippen LogP contribution in [0.3, 0.4) is 0 Å². The van der Waals surface area contributed by atoms with Crippen LogP contribution >= 0.6 is 0 Å². The predicted molar refractivity (Wildman–Crippen MR) is 89.6 cm³/mol. The van der Waals surface area contributed by atoms with Crippen LogP contribution in [0, 0.1) is 0 Å². The molecule has 23 heavy (non-hydrogen) atoms. The van der Waals surface area contributed by atoms with Crippen molar-refractivity contribution in [3.05, 3.63) is 29.8 Å². The second-order valence-electron chi connectivity index (χ2n) is 6.46. The Kier molecular flexibility index (Phi) is 5.30. The second-order valence-corrected chi connectivity index (χ2v) is 6.46. The van der Waals surface area contributed by atoms with Crippen LogP contribution < -0.4 is 5.32 Å². The number of nitrogens with one attached hydrogen (secondary N) is 1. The van der Waals surface area contributed by atoms with Crippen molar-refractivity contribution >= 4 is 11.6 Å². The van der Waals surface area contributed by atoms with E-state index in [0.29, 0.717) is 13.2 Å². The zero-order chi connectivity index (χ0) is 16.1. The first-order valence-electron chi connectivity index (χ1n) is 8.52. The molecule has 5 nitrogen and oxygen atoms in total. The maximum Gasteiger partial charge on any atom is 0.238 e. The zero-order valence-corrected chi connectivity index (χ0v) is 13.8. The Labute approximate surface area is 137 Å². The van der Waals surface area contributed by atoms with E-state index in [4.69, 9.17) is 9.47 Å². The number of aryl methyl sites for hydroxylation is 1. The van der Waals surface area contributed by atoms with Crippen molar-refractivity contribution in [2.45, 2.75) is 31.8 Å². The fourth-order valence-electron chi connectivity index (χ4n) is 3.38. The molecule has 0 saturated carbocycles. The second kappa shape index (κ2) is 7.43. The number of carbonyl (C=O) groups excluding carboxylic acids is 1. The van der Waals surface area contributed by atoms with E-state index in [1.807, 2.05) is 18.2 Å². The molecule has 1 aromatic carbocycles. The van der Waals surface area contributed by atoms with Gasteiger partial charge >= 0.3 is 0 Å². The number of morpholine rings is 1. The lowest BCUT2D eigenvalue weighted by Crippen LogP contribution is -2.55. The summed E-state index contributed by atoms with van der Waals surface area (Å²) in [6.45, 7) is 6.36. The number of hydrogen-bond donors (Lipinski definition) is 1. The normalized spacial score (nSPS) is 21.3. The van der Waals surface area contributed by atoms with E-state index in [1.54, 1.807) is 0 Å². The van der Waals surface area contributed by atoms with Crippen molar-refractivity contribution in [1.82, 2.24) is 4.90 Å². The highest BCUT2D eigenvalue weighted by atomic mass is 16.5. The van der Waals surface area contributed by atoms with Gasteiger partial charge in [-0.1, -0.05) is 19.1 Å². The van der Waals surface area contributed by atoms with Crippen molar-refractivity contribution in [1.29, 1.82) is 0 Å². The van der Waals surface area contributed by atoms with Crippen LogP contribution in [0.2, 0.25) is 0 Å². The van der Waals surface area contributed by atoms with E-state index < -0.39 is 0 Å². The predicted octanol–water partition coefficient (Wildman–Crippen LogP) is 2.07. The van der Waals surface area contributed by atoms with Crippen LogP contribution in [0.5, 0.6) is 0 Å². The van der Waals surface area contributed by atoms with Gasteiger partial charge in [0.25, 0.3) is 0 Å². The molecule has 0 aromatic heterocycles. The maximum absolute atomic E-state index is 12.3. The number of amides is 1. The van der Waals surface area contributed by atoms with E-state index >= 15 is 0 Å². The van der Waals surface area contributed by atoms with Gasteiger partial charge in [0.1, 0.15) is 0 Å². The highest BCUT2D eigenvalue weighted by molar-refractivity contribution is 5.92. The third kappa shape index (κ3) is 4.31. The first-order chi connectivity index (χ1) is 11.2. The fourth-order valence-corrected chi connectivity index (χ4v) is 3.38. The van der Waals surface area contributed by atoms with Crippen LogP contribution in [-0.2, 0) is 20.7 Å². The van der Waals surface area contributed by atoms with Crippen molar-refractivity contribution in [3.63, 3.8) is 0 Å². The molecule has 1 amide bonds. The molecule has 1 N–H and O–H groups in total. The van der Waals surface area contributed by atoms with Crippen molar-refractivity contribution in [2.75, 3.05) is 44.8 Å². The third-order valence-corrected chi connectivity index (χ3v) is 4.72. The van der Waals surface area contributed by atoms with Gasteiger partial charge in [-0.2, -0.15) is 0 Å². The lowest BCUT2D eigenvalue weighted by Gasteiger charge is -2.44. The molecule has 1 aromatic rings. The summed E-state index contributed by atoms with van der Waals surface area (Å²) in [6.07, 6.45) is 2.81. The number of carbonyl (C=O) groups is 1. The number of ether oxygens (including phenoxy) is 2. The Morgan fingerprint density at radius 3 is 2.91 bits per heavy atom. The minimum Gasteiger partial charge on any atom is -0.381 e. The Balaban J connectivity index is 1.54. The highest BCUT2D eigenvalue weighted by Gasteiger charge is 2.38. The minimum absolute atomic E-state index is 0.0439. The summed E-state index contributed by atoms with van der Waals surface area (Å²) in [6, 6.07) is 8.04. The summed E-state index contributed by atoms with van der Waals surface area (Å²) in [5.41, 5.74) is 2.00. The van der Waals surface area contributed by atoms with Crippen molar-refractivity contribution < 1.29 is 14.3 Å². The summed E-state index contributed by atoms with van der Waals surface area (Å²) in [5, 5.41) is 3.01. The van der Waals surface area contributed by atoms with Crippen molar-refractivity contribution in [2.24, 2.45) is 0 Å². The average molecular weight is 318 g/mol. The van der Waals surface area contributed by atoms with Gasteiger partial charge in [-0.3, -0.25) is 9.69 Å². The molecule has 3 rings (SSSR count). The lowest BCUT2D eigenvalue weighted by atomic mass is 9.92. The van der Waals surface area contributed by atoms with Gasteiger partial charge in [0.2, 0.25) is 5.91 Å². The molecule has 0 unspecified atom stereocenters. The smallest absolute Gasteiger partial charge is 0.238 e. The lowest BCUT2D eigenvalue weighted by molar-refractivity contribution is -0.155. The zero-order valence-electron chi connectivity index (χ0n) is 13.8. The largest absolute Gasteiger partial charge is 0.381 e. The molecule has 2 saturated heterocycles. The van der Waals surface area contributed by atoms with Gasteiger partial charge in [-0.05, 0) is 24.1 Å². The fraction of sp³-hybridized carbons (Fsp3) is 0.611. The Morgan fingerprint density at radius 1 is 1.30 bits per heavy atom. The van der Waals surface area contributed by atoms with E-state index in [9.17, 15) is 4.79 Å². The molecular weight excluding hydrogens is 292 g/mol. The molecule has 1 spiro atoms. The molecule has 2 aliphatic rings. The van der Waals surface area contributed by atoms with Gasteiger partial charge in [-0.25, -0.2) is 0 Å². The number of benzene rings is 1. The summed E-state index contributed by atoms with van der Waals surface area (Å²) < 4.78 is 11.4. The Morgan fingerprint density at radius 2 is 2.13 bits per heavy atom. The average Bonchev–Trinajstić information content (AvgIpc) is 2.55. The van der Waals surface area contributed by atoms with Crippen LogP contribution in [0.1, 0.15) is 25.3 Å². The summed E-state index contributed by atoms with van der Waals surface area (Å²) in [7, 11) is 0. The summed E-state index contributed by atoms with van der Waals surface area (Å²) in [4.78, 5) is 14.5. The van der Waals surface area contributed by atoms with Crippen LogP contribution in [0.25, 0.3) is 0 Å². The van der Waals surface area contributed by atoms with E-state index in [1.165, 1.54) is 5.56 Å². The first kappa shape index (κ1) is 16.4. The number of hydrogen-bond acceptors (Lipinski definition) is 4. The topological polar surface area (TPSA) is 50.8 Å². The Bertz CT molecular complexity index is 535. The van der Waals surface area contributed by atoms with Gasteiger partial charge in [-0.15, -0.1) is 0 Å². The standard InChI is InChI=1S/C18H26N2O3/c1-2-15-4-3-5-16(12-15)19-17(21)13-20-8-11-23-18(14-20)6-9-22-10-7-18/h3-5,12H,2,6-11,13-14H2,1H3,(H,19,21). The van der Waals surface area contributed by atoms with Crippen LogP contribution in [0.4, 0.5) is 5.69 Å². The van der Waals surface area contributed by atoms with Crippen LogP contribution in [0.15, 0.2) is 24.3 Å². The summed E-state index contributed by atoms with van der Waals surface area (Å²) >= 11 is 0. The number of anilines is 1. The monoisotopic (exact) mass is 318 g/mol. The number of rotatable bonds is 4. The quantitative estimate of drug-likeness (QED) is 0.923. The minimum atomic E-state index is -0.112. The molecule has 0 bridgehead atoms. The first-order valence-corrected chi connectivity index (χ1v) is 8.52. The van der Waals surface area contributed by atoms with Gasteiger partial charge in [0.15, 0.2) is 0 Å². The summed E-state index contributed by atoms with van der Waals surface area (Å²) in [5.74, 6) is 0.0439. The molecular formula is C18H26N2O3. The molecule has 2 fully saturated rings. The molecule has 126 valence electrons. The molecule has 0 radical (unpaired) electrons. The van der Waals surface area contributed by atoms with E-state index in [0.717, 1.165) is 51.3 Å². The van der Waals surface area contributed by atoms with Crippen LogP contribution in [-0.4, -0.2) is 55.9 Å². The third-order valence-electron chi connectivity index (χ3n) is 4.72. The Hall–Kier alpha value is -1.43. The molecule has 5 heteroatoms. The molecule has 2 aliphatic heterocycles. The van der Waals surface area contributed by atoms with Gasteiger partial charge in [0, 0.05) is 44.8 Å². The van der Waals surface area contributed by atoms with Gasteiger partial charge in [0.05, 0.1) is 18.8 Å². The highest BCUT2D eigenvalue weighted by Crippen LogP contribution is 2.28. The number of nitrogens with zero attached hydrogens (tertiary/aromatic N) is 1. The van der Waals surface area contributed by atoms with Crippen molar-refractivity contribution in [3.8, 4) is 0 Å². The SMILES string of the molecule is CCc1cccc(NC(=O)CN2CCOC3(CCOCC3)C2)c1. The molecule has 0 atom stereocenters. The van der Waals surface area contributed by atoms with E-state index in [2.05, 4.69) is 23.2 Å². The van der Waals surface area contributed by atoms with Gasteiger partial charge < -0.3 is 14.8 Å². The van der Waals surface area contributed by atoms with E-state index in [-0.39, 0.29) is 11.5 Å². The molecule has 2 heterocycles.